The summed E-state index contributed by atoms with van der Waals surface area (Å²) in [7, 11) is 0. The van der Waals surface area contributed by atoms with E-state index in [0.717, 1.165) is 4.57 Å². The Morgan fingerprint density at radius 2 is 1.96 bits per heavy atom. The standard InChI is InChI=1S/C16H16F3N3O2.ClH/c1-10-7-12(11(2)22(10)9-16(17,18)19)8-20-21-14-6-4-3-5-13(14)15(23)24;/h3-8,21H,9H2,1-2H3,(H,23,24);1H/b20-8+;. The van der Waals surface area contributed by atoms with Gasteiger partial charge in [0.05, 0.1) is 17.5 Å². The van der Waals surface area contributed by atoms with Crippen molar-refractivity contribution in [3.8, 4) is 0 Å². The van der Waals surface area contributed by atoms with Crippen molar-refractivity contribution in [2.24, 2.45) is 5.10 Å². The van der Waals surface area contributed by atoms with Crippen LogP contribution in [0.1, 0.15) is 27.3 Å². The van der Waals surface area contributed by atoms with Gasteiger partial charge in [-0.05, 0) is 32.0 Å². The topological polar surface area (TPSA) is 66.6 Å². The van der Waals surface area contributed by atoms with Crippen molar-refractivity contribution in [3.63, 3.8) is 0 Å². The van der Waals surface area contributed by atoms with E-state index >= 15 is 0 Å². The maximum Gasteiger partial charge on any atom is 0.406 e. The van der Waals surface area contributed by atoms with Crippen LogP contribution in [-0.2, 0) is 6.54 Å². The Balaban J connectivity index is 0.00000312. The second kappa shape index (κ2) is 8.06. The number of para-hydroxylation sites is 1. The minimum Gasteiger partial charge on any atom is -0.478 e. The number of nitrogens with zero attached hydrogens (tertiary/aromatic N) is 2. The minimum atomic E-state index is -4.30. The lowest BCUT2D eigenvalue weighted by Crippen LogP contribution is -2.19. The molecule has 5 nitrogen and oxygen atoms in total. The van der Waals surface area contributed by atoms with Crippen LogP contribution in [0, 0.1) is 13.8 Å². The Labute approximate surface area is 148 Å². The summed E-state index contributed by atoms with van der Waals surface area (Å²) in [6.45, 7) is 2.10. The largest absolute Gasteiger partial charge is 0.478 e. The lowest BCUT2D eigenvalue weighted by atomic mass is 10.2. The van der Waals surface area contributed by atoms with E-state index in [1.165, 1.54) is 12.3 Å². The van der Waals surface area contributed by atoms with Gasteiger partial charge in [-0.1, -0.05) is 12.1 Å². The lowest BCUT2D eigenvalue weighted by molar-refractivity contribution is -0.141. The van der Waals surface area contributed by atoms with Gasteiger partial charge < -0.3 is 9.67 Å². The number of aromatic nitrogens is 1. The first-order chi connectivity index (χ1) is 11.2. The van der Waals surface area contributed by atoms with E-state index in [1.54, 1.807) is 38.1 Å². The molecule has 0 unspecified atom stereocenters. The zero-order valence-corrected chi connectivity index (χ0v) is 14.3. The van der Waals surface area contributed by atoms with Crippen molar-refractivity contribution in [3.05, 3.63) is 52.8 Å². The molecule has 1 aromatic carbocycles. The van der Waals surface area contributed by atoms with E-state index in [0.29, 0.717) is 22.6 Å². The number of alkyl halides is 3. The molecule has 0 radical (unpaired) electrons. The number of aryl methyl sites for hydroxylation is 1. The van der Waals surface area contributed by atoms with Crippen molar-refractivity contribution >= 4 is 30.3 Å². The molecule has 1 aromatic heterocycles. The highest BCUT2D eigenvalue weighted by Gasteiger charge is 2.29. The number of anilines is 1. The van der Waals surface area contributed by atoms with Crippen LogP contribution in [0.2, 0.25) is 0 Å². The monoisotopic (exact) mass is 375 g/mol. The molecule has 0 atom stereocenters. The molecule has 1 heterocycles. The summed E-state index contributed by atoms with van der Waals surface area (Å²) in [5.41, 5.74) is 4.38. The van der Waals surface area contributed by atoms with E-state index in [4.69, 9.17) is 5.11 Å². The fourth-order valence-electron chi connectivity index (χ4n) is 2.32. The van der Waals surface area contributed by atoms with Gasteiger partial charge in [0.15, 0.2) is 0 Å². The number of halogens is 4. The number of hydrogen-bond acceptors (Lipinski definition) is 3. The smallest absolute Gasteiger partial charge is 0.406 e. The van der Waals surface area contributed by atoms with Gasteiger partial charge in [0.25, 0.3) is 0 Å². The molecular formula is C16H17ClF3N3O2. The van der Waals surface area contributed by atoms with Crippen molar-refractivity contribution in [1.29, 1.82) is 0 Å². The second-order valence-corrected chi connectivity index (χ2v) is 5.25. The number of hydrogen-bond donors (Lipinski definition) is 2. The normalized spacial score (nSPS) is 11.4. The molecule has 0 amide bonds. The van der Waals surface area contributed by atoms with Crippen LogP contribution in [0.15, 0.2) is 35.4 Å². The second-order valence-electron chi connectivity index (χ2n) is 5.25. The number of aromatic carboxylic acids is 1. The molecular weight excluding hydrogens is 359 g/mol. The first kappa shape index (κ1) is 20.6. The predicted octanol–water partition coefficient (Wildman–Crippen LogP) is 4.23. The van der Waals surface area contributed by atoms with Gasteiger partial charge >= 0.3 is 12.1 Å². The molecule has 0 saturated carbocycles. The average molecular weight is 376 g/mol. The molecule has 0 saturated heterocycles. The molecule has 0 aliphatic heterocycles. The number of rotatable bonds is 5. The summed E-state index contributed by atoms with van der Waals surface area (Å²) in [5.74, 6) is -1.10. The molecule has 0 bridgehead atoms. The zero-order chi connectivity index (χ0) is 17.9. The Morgan fingerprint density at radius 1 is 1.32 bits per heavy atom. The molecule has 2 N–H and O–H groups in total. The van der Waals surface area contributed by atoms with E-state index in [2.05, 4.69) is 10.5 Å². The Kier molecular flexibility index (Phi) is 6.63. The predicted molar refractivity (Wildman–Crippen MR) is 91.8 cm³/mol. The fraction of sp³-hybridized carbons (Fsp3) is 0.250. The van der Waals surface area contributed by atoms with Crippen LogP contribution in [0.25, 0.3) is 0 Å². The average Bonchev–Trinajstić information content (AvgIpc) is 2.74. The van der Waals surface area contributed by atoms with E-state index < -0.39 is 18.7 Å². The lowest BCUT2D eigenvalue weighted by Gasteiger charge is -2.12. The zero-order valence-electron chi connectivity index (χ0n) is 13.5. The molecule has 25 heavy (non-hydrogen) atoms. The van der Waals surface area contributed by atoms with E-state index in [1.807, 2.05) is 0 Å². The summed E-state index contributed by atoms with van der Waals surface area (Å²) in [4.78, 5) is 11.1. The number of hydrazone groups is 1. The van der Waals surface area contributed by atoms with Gasteiger partial charge in [-0.3, -0.25) is 5.43 Å². The molecule has 0 aliphatic rings. The van der Waals surface area contributed by atoms with Gasteiger partial charge in [-0.25, -0.2) is 4.79 Å². The van der Waals surface area contributed by atoms with Gasteiger partial charge in [-0.2, -0.15) is 18.3 Å². The molecule has 136 valence electrons. The third-order valence-electron chi connectivity index (χ3n) is 3.50. The summed E-state index contributed by atoms with van der Waals surface area (Å²) < 4.78 is 38.9. The fourth-order valence-corrected chi connectivity index (χ4v) is 2.32. The van der Waals surface area contributed by atoms with Crippen molar-refractivity contribution in [1.82, 2.24) is 4.57 Å². The number of carbonyl (C=O) groups is 1. The highest BCUT2D eigenvalue weighted by Crippen LogP contribution is 2.22. The molecule has 2 aromatic rings. The molecule has 9 heteroatoms. The van der Waals surface area contributed by atoms with Crippen LogP contribution >= 0.6 is 12.4 Å². The first-order valence-electron chi connectivity index (χ1n) is 7.04. The van der Waals surface area contributed by atoms with Crippen LogP contribution in [0.5, 0.6) is 0 Å². The SMILES string of the molecule is Cc1cc(/C=N/Nc2ccccc2C(=O)O)c(C)n1CC(F)(F)F.Cl. The Bertz CT molecular complexity index is 785. The maximum atomic E-state index is 12.6. The minimum absolute atomic E-state index is 0. The van der Waals surface area contributed by atoms with Gasteiger partial charge in [0, 0.05) is 17.0 Å². The summed E-state index contributed by atoms with van der Waals surface area (Å²) in [5, 5.41) is 13.0. The number of carboxylic acid groups (broad SMARTS) is 1. The molecule has 0 fully saturated rings. The summed E-state index contributed by atoms with van der Waals surface area (Å²) in [6.07, 6.45) is -2.94. The molecule has 2 rings (SSSR count). The quantitative estimate of drug-likeness (QED) is 0.607. The van der Waals surface area contributed by atoms with E-state index in [-0.39, 0.29) is 18.0 Å². The molecule has 0 aliphatic carbocycles. The highest BCUT2D eigenvalue weighted by atomic mass is 35.5. The molecule has 0 spiro atoms. The van der Waals surface area contributed by atoms with Crippen LogP contribution < -0.4 is 5.43 Å². The van der Waals surface area contributed by atoms with Crippen molar-refractivity contribution in [2.45, 2.75) is 26.6 Å². The first-order valence-corrected chi connectivity index (χ1v) is 7.04. The highest BCUT2D eigenvalue weighted by molar-refractivity contribution is 5.94. The number of carboxylic acids is 1. The van der Waals surface area contributed by atoms with Gasteiger partial charge in [0.2, 0.25) is 0 Å². The van der Waals surface area contributed by atoms with Gasteiger partial charge in [0.1, 0.15) is 6.54 Å². The Hall–Kier alpha value is -2.48. The van der Waals surface area contributed by atoms with Crippen molar-refractivity contribution < 1.29 is 23.1 Å². The summed E-state index contributed by atoms with van der Waals surface area (Å²) in [6, 6.07) is 7.81. The van der Waals surface area contributed by atoms with Crippen LogP contribution in [-0.4, -0.2) is 28.0 Å². The van der Waals surface area contributed by atoms with E-state index in [9.17, 15) is 18.0 Å². The summed E-state index contributed by atoms with van der Waals surface area (Å²) >= 11 is 0. The number of benzene rings is 1. The Morgan fingerprint density at radius 3 is 2.56 bits per heavy atom. The third kappa shape index (κ3) is 5.25. The maximum absolute atomic E-state index is 12.6. The van der Waals surface area contributed by atoms with Crippen LogP contribution in [0.3, 0.4) is 0 Å². The third-order valence-corrected chi connectivity index (χ3v) is 3.50. The van der Waals surface area contributed by atoms with Crippen molar-refractivity contribution in [2.75, 3.05) is 5.43 Å². The van der Waals surface area contributed by atoms with Crippen LogP contribution in [0.4, 0.5) is 18.9 Å². The number of nitrogens with one attached hydrogen (secondary N) is 1. The van der Waals surface area contributed by atoms with Gasteiger partial charge in [-0.15, -0.1) is 12.4 Å².